The van der Waals surface area contributed by atoms with Crippen LogP contribution in [-0.4, -0.2) is 47.1 Å². The van der Waals surface area contributed by atoms with Crippen LogP contribution in [0.4, 0.5) is 9.52 Å². The van der Waals surface area contributed by atoms with Crippen molar-refractivity contribution in [2.24, 2.45) is 4.99 Å². The molecule has 1 fully saturated rings. The summed E-state index contributed by atoms with van der Waals surface area (Å²) in [6.45, 7) is 9.56. The smallest absolute Gasteiger partial charge is 0.208 e. The average Bonchev–Trinajstić information content (AvgIpc) is 3.30. The van der Waals surface area contributed by atoms with Gasteiger partial charge in [-0.05, 0) is 69.9 Å². The second-order valence-corrected chi connectivity index (χ2v) is 10.3. The van der Waals surface area contributed by atoms with Crippen molar-refractivity contribution in [3.05, 3.63) is 35.7 Å². The van der Waals surface area contributed by atoms with Gasteiger partial charge in [0.2, 0.25) is 5.13 Å². The van der Waals surface area contributed by atoms with Gasteiger partial charge in [0.05, 0.1) is 6.54 Å². The summed E-state index contributed by atoms with van der Waals surface area (Å²) in [7, 11) is 2.07. The van der Waals surface area contributed by atoms with Crippen LogP contribution in [0.3, 0.4) is 0 Å². The monoisotopic (exact) mass is 413 g/mol. The first kappa shape index (κ1) is 20.2. The van der Waals surface area contributed by atoms with Gasteiger partial charge in [-0.25, -0.2) is 4.39 Å². The normalized spacial score (nSPS) is 20.7. The van der Waals surface area contributed by atoms with E-state index in [0.717, 1.165) is 29.1 Å². The first-order valence-electron chi connectivity index (χ1n) is 9.99. The van der Waals surface area contributed by atoms with Gasteiger partial charge in [-0.2, -0.15) is 0 Å². The number of piperidine rings is 1. The van der Waals surface area contributed by atoms with Crippen LogP contribution < -0.4 is 10.2 Å². The maximum Gasteiger partial charge on any atom is 0.208 e. The van der Waals surface area contributed by atoms with E-state index in [0.29, 0.717) is 23.2 Å². The Balaban J connectivity index is 1.55. The van der Waals surface area contributed by atoms with Gasteiger partial charge in [0.25, 0.3) is 0 Å². The second kappa shape index (κ2) is 7.29. The van der Waals surface area contributed by atoms with Crippen LogP contribution in [0, 0.1) is 5.82 Å². The molecule has 29 heavy (non-hydrogen) atoms. The van der Waals surface area contributed by atoms with Crippen molar-refractivity contribution >= 4 is 28.3 Å². The van der Waals surface area contributed by atoms with Crippen molar-refractivity contribution in [2.45, 2.75) is 57.7 Å². The number of aliphatic imine (C=N–C) groups is 1. The predicted molar refractivity (Wildman–Crippen MR) is 119 cm³/mol. The average molecular weight is 414 g/mol. The van der Waals surface area contributed by atoms with Crippen molar-refractivity contribution in [3.8, 4) is 10.6 Å². The molecule has 0 spiro atoms. The quantitative estimate of drug-likeness (QED) is 0.799. The molecule has 0 atom stereocenters. The summed E-state index contributed by atoms with van der Waals surface area (Å²) in [6, 6.07) is 5.65. The highest BCUT2D eigenvalue weighted by atomic mass is 32.1. The fourth-order valence-electron chi connectivity index (χ4n) is 4.59. The number of anilines is 1. The SMILES string of the molecule is CN(c1nnc(-c2ccc(C3=CC=NC3)cc2F)s1)C1CC(C)(C)NC(C)(C)C1. The lowest BCUT2D eigenvalue weighted by molar-refractivity contribution is 0.161. The number of hydrogen-bond donors (Lipinski definition) is 1. The van der Waals surface area contributed by atoms with Crippen LogP contribution in [0.5, 0.6) is 0 Å². The van der Waals surface area contributed by atoms with Crippen molar-refractivity contribution < 1.29 is 4.39 Å². The summed E-state index contributed by atoms with van der Waals surface area (Å²) < 4.78 is 14.8. The van der Waals surface area contributed by atoms with Crippen LogP contribution in [0.1, 0.15) is 46.1 Å². The van der Waals surface area contributed by atoms with E-state index in [9.17, 15) is 4.39 Å². The molecule has 154 valence electrons. The number of halogens is 1. The molecular weight excluding hydrogens is 385 g/mol. The Morgan fingerprint density at radius 2 is 1.86 bits per heavy atom. The van der Waals surface area contributed by atoms with Gasteiger partial charge < -0.3 is 10.2 Å². The molecule has 0 amide bonds. The molecule has 0 bridgehead atoms. The van der Waals surface area contributed by atoms with Gasteiger partial charge in [0.1, 0.15) is 5.82 Å². The van der Waals surface area contributed by atoms with Crippen LogP contribution in [0.15, 0.2) is 29.3 Å². The number of nitrogens with one attached hydrogen (secondary N) is 1. The highest BCUT2D eigenvalue weighted by molar-refractivity contribution is 7.18. The zero-order valence-electron chi connectivity index (χ0n) is 17.7. The topological polar surface area (TPSA) is 53.4 Å². The third-order valence-electron chi connectivity index (χ3n) is 5.65. The van der Waals surface area contributed by atoms with Crippen LogP contribution in [0.25, 0.3) is 16.1 Å². The van der Waals surface area contributed by atoms with E-state index in [4.69, 9.17) is 0 Å². The number of aromatic nitrogens is 2. The van der Waals surface area contributed by atoms with E-state index in [1.807, 2.05) is 12.1 Å². The molecule has 0 radical (unpaired) electrons. The molecule has 1 saturated heterocycles. The second-order valence-electron chi connectivity index (χ2n) is 9.33. The Labute approximate surface area is 175 Å². The Morgan fingerprint density at radius 3 is 2.48 bits per heavy atom. The van der Waals surface area contributed by atoms with Crippen molar-refractivity contribution in [3.63, 3.8) is 0 Å². The van der Waals surface area contributed by atoms with E-state index in [1.54, 1.807) is 18.3 Å². The van der Waals surface area contributed by atoms with Gasteiger partial charge in [-0.1, -0.05) is 17.4 Å². The largest absolute Gasteiger partial charge is 0.347 e. The molecule has 2 aliphatic rings. The first-order valence-corrected chi connectivity index (χ1v) is 10.8. The lowest BCUT2D eigenvalue weighted by atomic mass is 9.79. The highest BCUT2D eigenvalue weighted by Gasteiger charge is 2.39. The maximum atomic E-state index is 14.8. The Hall–Kier alpha value is -2.12. The van der Waals surface area contributed by atoms with Gasteiger partial charge in [-0.3, -0.25) is 4.99 Å². The standard InChI is InChI=1S/C22H28FN5S/c1-21(2)11-16(12-22(3,4)27-21)28(5)20-26-25-19(29-20)17-7-6-14(10-18(17)23)15-8-9-24-13-15/h6-10,16,27H,11-13H2,1-5H3. The van der Waals surface area contributed by atoms with Crippen LogP contribution in [-0.2, 0) is 0 Å². The van der Waals surface area contributed by atoms with E-state index in [-0.39, 0.29) is 16.9 Å². The maximum absolute atomic E-state index is 14.8. The molecule has 0 unspecified atom stereocenters. The number of benzene rings is 1. The molecule has 2 aromatic rings. The Kier molecular flexibility index (Phi) is 5.07. The summed E-state index contributed by atoms with van der Waals surface area (Å²) >= 11 is 1.44. The minimum absolute atomic E-state index is 0.0504. The van der Waals surface area contributed by atoms with Gasteiger partial charge >= 0.3 is 0 Å². The molecule has 7 heteroatoms. The molecule has 2 aliphatic heterocycles. The van der Waals surface area contributed by atoms with Gasteiger partial charge in [0, 0.05) is 35.9 Å². The summed E-state index contributed by atoms with van der Waals surface area (Å²) in [5.41, 5.74) is 2.49. The number of rotatable bonds is 4. The summed E-state index contributed by atoms with van der Waals surface area (Å²) in [5, 5.41) is 13.8. The van der Waals surface area contributed by atoms with E-state index in [2.05, 4.69) is 60.1 Å². The first-order chi connectivity index (χ1) is 13.6. The molecule has 0 aliphatic carbocycles. The molecule has 1 aromatic heterocycles. The summed E-state index contributed by atoms with van der Waals surface area (Å²) in [6.07, 6.45) is 5.72. The molecule has 5 nitrogen and oxygen atoms in total. The number of hydrogen-bond acceptors (Lipinski definition) is 6. The zero-order chi connectivity index (χ0) is 20.8. The predicted octanol–water partition coefficient (Wildman–Crippen LogP) is 4.56. The van der Waals surface area contributed by atoms with E-state index < -0.39 is 0 Å². The number of nitrogens with zero attached hydrogens (tertiary/aromatic N) is 4. The third-order valence-corrected chi connectivity index (χ3v) is 6.69. The minimum atomic E-state index is -0.273. The highest BCUT2D eigenvalue weighted by Crippen LogP contribution is 2.36. The molecular formula is C22H28FN5S. The zero-order valence-corrected chi connectivity index (χ0v) is 18.5. The Morgan fingerprint density at radius 1 is 1.14 bits per heavy atom. The summed E-state index contributed by atoms with van der Waals surface area (Å²) in [4.78, 5) is 6.38. The third kappa shape index (κ3) is 4.26. The van der Waals surface area contributed by atoms with Crippen LogP contribution in [0.2, 0.25) is 0 Å². The lowest BCUT2D eigenvalue weighted by Gasteiger charge is -2.48. The number of allylic oxidation sites excluding steroid dienone is 1. The van der Waals surface area contributed by atoms with Crippen molar-refractivity contribution in [2.75, 3.05) is 18.5 Å². The van der Waals surface area contributed by atoms with Gasteiger partial charge in [-0.15, -0.1) is 10.2 Å². The Bertz CT molecular complexity index is 959. The van der Waals surface area contributed by atoms with E-state index in [1.165, 1.54) is 11.3 Å². The molecule has 4 rings (SSSR count). The molecule has 1 aromatic carbocycles. The van der Waals surface area contributed by atoms with Crippen molar-refractivity contribution in [1.82, 2.24) is 15.5 Å². The van der Waals surface area contributed by atoms with Crippen molar-refractivity contribution in [1.29, 1.82) is 0 Å². The molecule has 3 heterocycles. The summed E-state index contributed by atoms with van der Waals surface area (Å²) in [5.74, 6) is -0.273. The lowest BCUT2D eigenvalue weighted by Crippen LogP contribution is -2.61. The molecule has 0 saturated carbocycles. The van der Waals surface area contributed by atoms with Gasteiger partial charge in [0.15, 0.2) is 5.01 Å². The van der Waals surface area contributed by atoms with E-state index >= 15 is 0 Å². The fourth-order valence-corrected chi connectivity index (χ4v) is 5.49. The fraction of sp³-hybridized carbons (Fsp3) is 0.500. The molecule has 1 N–H and O–H groups in total. The van der Waals surface area contributed by atoms with Crippen LogP contribution >= 0.6 is 11.3 Å². The minimum Gasteiger partial charge on any atom is -0.347 e.